The first-order valence-electron chi connectivity index (χ1n) is 7.79. The number of ether oxygens (including phenoxy) is 1. The highest BCUT2D eigenvalue weighted by atomic mass is 127. The molecular formula is C18H15IN2O3S2. The second kappa shape index (κ2) is 8.36. The van der Waals surface area contributed by atoms with Crippen LogP contribution >= 0.6 is 46.6 Å². The fourth-order valence-electron chi connectivity index (χ4n) is 2.40. The Bertz CT molecular complexity index is 888. The number of thioether (sulfide) groups is 1. The van der Waals surface area contributed by atoms with Gasteiger partial charge in [0.05, 0.1) is 21.6 Å². The fourth-order valence-corrected chi connectivity index (χ4v) is 4.29. The van der Waals surface area contributed by atoms with Crippen molar-refractivity contribution < 1.29 is 14.6 Å². The minimum atomic E-state index is -0.134. The van der Waals surface area contributed by atoms with Crippen LogP contribution in [-0.4, -0.2) is 31.8 Å². The number of benzene rings is 1. The minimum absolute atomic E-state index is 0.105. The standard InChI is InChI=1S/C18H15IN2O3S2/c1-2-24-14-7-12(6-13(19)16(14)22)8-15-17(23)21(18(25)26-15)10-11-4-3-5-20-9-11/h3-9,22H,2,10H2,1H3. The lowest BCUT2D eigenvalue weighted by molar-refractivity contribution is -0.122. The van der Waals surface area contributed by atoms with Gasteiger partial charge >= 0.3 is 0 Å². The summed E-state index contributed by atoms with van der Waals surface area (Å²) in [6.07, 6.45) is 5.18. The Kier molecular flexibility index (Phi) is 6.15. The molecule has 134 valence electrons. The van der Waals surface area contributed by atoms with Crippen molar-refractivity contribution in [2.45, 2.75) is 13.5 Å². The Morgan fingerprint density at radius 2 is 2.27 bits per heavy atom. The summed E-state index contributed by atoms with van der Waals surface area (Å²) in [5, 5.41) is 10.1. The van der Waals surface area contributed by atoms with Crippen molar-refractivity contribution in [2.24, 2.45) is 0 Å². The lowest BCUT2D eigenvalue weighted by atomic mass is 10.2. The van der Waals surface area contributed by atoms with Gasteiger partial charge in [0.1, 0.15) is 4.32 Å². The van der Waals surface area contributed by atoms with Crippen LogP contribution < -0.4 is 4.74 Å². The maximum atomic E-state index is 12.7. The van der Waals surface area contributed by atoms with Gasteiger partial charge < -0.3 is 9.84 Å². The van der Waals surface area contributed by atoms with E-state index in [1.807, 2.05) is 41.6 Å². The van der Waals surface area contributed by atoms with E-state index in [0.29, 0.717) is 31.7 Å². The molecule has 26 heavy (non-hydrogen) atoms. The van der Waals surface area contributed by atoms with Crippen molar-refractivity contribution in [2.75, 3.05) is 6.61 Å². The average Bonchev–Trinajstić information content (AvgIpc) is 2.88. The van der Waals surface area contributed by atoms with Gasteiger partial charge in [0.2, 0.25) is 0 Å². The van der Waals surface area contributed by atoms with E-state index in [0.717, 1.165) is 11.1 Å². The third kappa shape index (κ3) is 4.18. The largest absolute Gasteiger partial charge is 0.504 e. The molecule has 0 saturated carbocycles. The van der Waals surface area contributed by atoms with Gasteiger partial charge in [-0.2, -0.15) is 0 Å². The molecule has 1 N–H and O–H groups in total. The van der Waals surface area contributed by atoms with Crippen molar-refractivity contribution in [3.63, 3.8) is 0 Å². The molecule has 1 aromatic carbocycles. The summed E-state index contributed by atoms with van der Waals surface area (Å²) in [6.45, 7) is 2.69. The van der Waals surface area contributed by atoms with E-state index < -0.39 is 0 Å². The van der Waals surface area contributed by atoms with Crippen LogP contribution in [0, 0.1) is 3.57 Å². The minimum Gasteiger partial charge on any atom is -0.504 e. The monoisotopic (exact) mass is 498 g/mol. The molecule has 1 aliphatic heterocycles. The van der Waals surface area contributed by atoms with Gasteiger partial charge in [-0.1, -0.05) is 30.0 Å². The summed E-state index contributed by atoms with van der Waals surface area (Å²) in [5.74, 6) is 0.370. The molecule has 0 unspecified atom stereocenters. The third-order valence-corrected chi connectivity index (χ3v) is 5.79. The second-order valence-electron chi connectivity index (χ2n) is 5.41. The van der Waals surface area contributed by atoms with E-state index in [1.165, 1.54) is 11.8 Å². The molecule has 1 saturated heterocycles. The number of rotatable bonds is 5. The van der Waals surface area contributed by atoms with Gasteiger partial charge in [-0.3, -0.25) is 14.7 Å². The molecule has 1 aliphatic rings. The summed E-state index contributed by atoms with van der Waals surface area (Å²) >= 11 is 8.67. The Balaban J connectivity index is 1.86. The number of hydrogen-bond acceptors (Lipinski definition) is 6. The van der Waals surface area contributed by atoms with Crippen LogP contribution in [0.4, 0.5) is 0 Å². The summed E-state index contributed by atoms with van der Waals surface area (Å²) in [7, 11) is 0. The summed E-state index contributed by atoms with van der Waals surface area (Å²) < 4.78 is 6.63. The molecule has 0 spiro atoms. The zero-order valence-corrected chi connectivity index (χ0v) is 17.6. The number of amides is 1. The maximum Gasteiger partial charge on any atom is 0.266 e. The van der Waals surface area contributed by atoms with Crippen molar-refractivity contribution in [1.82, 2.24) is 9.88 Å². The van der Waals surface area contributed by atoms with Gasteiger partial charge in [-0.25, -0.2) is 0 Å². The van der Waals surface area contributed by atoms with Crippen LogP contribution in [0.25, 0.3) is 6.08 Å². The van der Waals surface area contributed by atoms with E-state index in [1.54, 1.807) is 35.5 Å². The molecule has 1 aromatic heterocycles. The highest BCUT2D eigenvalue weighted by Gasteiger charge is 2.32. The maximum absolute atomic E-state index is 12.7. The predicted octanol–water partition coefficient (Wildman–Crippen LogP) is 4.19. The SMILES string of the molecule is CCOc1cc(C=C2SC(=S)N(Cc3cccnc3)C2=O)cc(I)c1O. The number of nitrogens with zero attached hydrogens (tertiary/aromatic N) is 2. The Labute approximate surface area is 174 Å². The first kappa shape index (κ1) is 19.1. The van der Waals surface area contributed by atoms with Gasteiger partial charge in [0, 0.05) is 12.4 Å². The van der Waals surface area contributed by atoms with Crippen LogP contribution in [-0.2, 0) is 11.3 Å². The molecule has 0 aliphatic carbocycles. The molecule has 1 fully saturated rings. The molecule has 2 heterocycles. The number of phenols is 1. The molecule has 3 rings (SSSR count). The summed E-state index contributed by atoms with van der Waals surface area (Å²) in [6, 6.07) is 7.25. The molecule has 2 aromatic rings. The molecule has 5 nitrogen and oxygen atoms in total. The summed E-state index contributed by atoms with van der Waals surface area (Å²) in [5.41, 5.74) is 1.69. The molecule has 0 atom stereocenters. The van der Waals surface area contributed by atoms with Crippen LogP contribution in [0.2, 0.25) is 0 Å². The summed E-state index contributed by atoms with van der Waals surface area (Å²) in [4.78, 5) is 18.9. The average molecular weight is 498 g/mol. The molecular weight excluding hydrogens is 483 g/mol. The van der Waals surface area contributed by atoms with Gasteiger partial charge in [0.25, 0.3) is 5.91 Å². The van der Waals surface area contributed by atoms with E-state index in [-0.39, 0.29) is 11.7 Å². The van der Waals surface area contributed by atoms with Crippen LogP contribution in [0.5, 0.6) is 11.5 Å². The number of phenolic OH excluding ortho intramolecular Hbond substituents is 1. The lowest BCUT2D eigenvalue weighted by Crippen LogP contribution is -2.27. The highest BCUT2D eigenvalue weighted by Crippen LogP contribution is 2.37. The zero-order chi connectivity index (χ0) is 18.7. The Morgan fingerprint density at radius 1 is 1.46 bits per heavy atom. The molecule has 8 heteroatoms. The smallest absolute Gasteiger partial charge is 0.266 e. The van der Waals surface area contributed by atoms with Crippen molar-refractivity contribution in [3.8, 4) is 11.5 Å². The van der Waals surface area contributed by atoms with Crippen LogP contribution in [0.1, 0.15) is 18.1 Å². The zero-order valence-electron chi connectivity index (χ0n) is 13.8. The van der Waals surface area contributed by atoms with Crippen molar-refractivity contribution in [1.29, 1.82) is 0 Å². The molecule has 0 bridgehead atoms. The number of pyridine rings is 1. The van der Waals surface area contributed by atoms with Crippen molar-refractivity contribution in [3.05, 3.63) is 56.3 Å². The third-order valence-electron chi connectivity index (χ3n) is 3.59. The normalized spacial score (nSPS) is 15.8. The highest BCUT2D eigenvalue weighted by molar-refractivity contribution is 14.1. The topological polar surface area (TPSA) is 62.7 Å². The Hall–Kier alpha value is -1.65. The molecule has 0 radical (unpaired) electrons. The van der Waals surface area contributed by atoms with Crippen molar-refractivity contribution >= 4 is 62.9 Å². The first-order valence-corrected chi connectivity index (χ1v) is 10.1. The predicted molar refractivity (Wildman–Crippen MR) is 115 cm³/mol. The lowest BCUT2D eigenvalue weighted by Gasteiger charge is -2.13. The number of thiocarbonyl (C=S) groups is 1. The van der Waals surface area contributed by atoms with E-state index in [2.05, 4.69) is 4.98 Å². The fraction of sp³-hybridized carbons (Fsp3) is 0.167. The quantitative estimate of drug-likeness (QED) is 0.379. The number of aromatic hydroxyl groups is 1. The molecule has 1 amide bonds. The number of carbonyl (C=O) groups is 1. The van der Waals surface area contributed by atoms with Gasteiger partial charge in [0.15, 0.2) is 11.5 Å². The van der Waals surface area contributed by atoms with E-state index >= 15 is 0 Å². The number of halogens is 1. The van der Waals surface area contributed by atoms with Gasteiger partial charge in [-0.15, -0.1) is 0 Å². The van der Waals surface area contributed by atoms with Crippen LogP contribution in [0.3, 0.4) is 0 Å². The number of carbonyl (C=O) groups excluding carboxylic acids is 1. The van der Waals surface area contributed by atoms with Gasteiger partial charge in [-0.05, 0) is 64.9 Å². The number of hydrogen-bond donors (Lipinski definition) is 1. The Morgan fingerprint density at radius 3 is 2.96 bits per heavy atom. The van der Waals surface area contributed by atoms with E-state index in [4.69, 9.17) is 17.0 Å². The van der Waals surface area contributed by atoms with Crippen LogP contribution in [0.15, 0.2) is 41.6 Å². The second-order valence-corrected chi connectivity index (χ2v) is 8.25. The first-order chi connectivity index (χ1) is 12.5. The van der Waals surface area contributed by atoms with E-state index in [9.17, 15) is 9.90 Å². The number of aromatic nitrogens is 1.